The molecule has 6 heteroatoms. The monoisotopic (exact) mass is 297 g/mol. The molecule has 0 radical (unpaired) electrons. The van der Waals surface area contributed by atoms with Gasteiger partial charge in [0.05, 0.1) is 0 Å². The lowest BCUT2D eigenvalue weighted by Gasteiger charge is -2.10. The van der Waals surface area contributed by atoms with Crippen molar-refractivity contribution >= 4 is 10.0 Å². The summed E-state index contributed by atoms with van der Waals surface area (Å²) in [4.78, 5) is 4.03. The first-order valence-electron chi connectivity index (χ1n) is 7.21. The summed E-state index contributed by atoms with van der Waals surface area (Å²) in [5.41, 5.74) is 0.970. The highest BCUT2D eigenvalue weighted by Crippen LogP contribution is 2.27. The summed E-state index contributed by atoms with van der Waals surface area (Å²) in [7, 11) is -1.62. The molecule has 1 aromatic heterocycles. The van der Waals surface area contributed by atoms with Crippen LogP contribution in [0.25, 0.3) is 0 Å². The fourth-order valence-electron chi connectivity index (χ4n) is 2.65. The second kappa shape index (κ2) is 7.15. The maximum atomic E-state index is 12.1. The van der Waals surface area contributed by atoms with E-state index in [0.717, 1.165) is 12.0 Å². The van der Waals surface area contributed by atoms with Gasteiger partial charge in [-0.2, -0.15) is 0 Å². The lowest BCUT2D eigenvalue weighted by atomic mass is 10.1. The molecule has 1 heterocycles. The second-order valence-electron chi connectivity index (χ2n) is 5.37. The summed E-state index contributed by atoms with van der Waals surface area (Å²) in [6.07, 6.45) is 7.56. The molecule has 0 aliphatic heterocycles. The Labute approximate surface area is 121 Å². The van der Waals surface area contributed by atoms with E-state index >= 15 is 0 Å². The van der Waals surface area contributed by atoms with Crippen LogP contribution in [0.4, 0.5) is 0 Å². The number of sulfonamides is 1. The predicted molar refractivity (Wildman–Crippen MR) is 78.8 cm³/mol. The van der Waals surface area contributed by atoms with Crippen LogP contribution in [0.5, 0.6) is 0 Å². The van der Waals surface area contributed by atoms with Gasteiger partial charge in [0.15, 0.2) is 5.03 Å². The number of rotatable bonds is 7. The number of nitrogens with zero attached hydrogens (tertiary/aromatic N) is 1. The molecule has 0 atom stereocenters. The maximum absolute atomic E-state index is 12.1. The highest BCUT2D eigenvalue weighted by Gasteiger charge is 2.18. The SMILES string of the molecule is CNCc1ccc(S(=O)(=O)NCCC2CCCC2)nc1. The Morgan fingerprint density at radius 3 is 2.65 bits per heavy atom. The number of hydrogen-bond acceptors (Lipinski definition) is 4. The van der Waals surface area contributed by atoms with E-state index in [0.29, 0.717) is 19.0 Å². The molecule has 0 saturated heterocycles. The summed E-state index contributed by atoms with van der Waals surface area (Å²) >= 11 is 0. The Kier molecular flexibility index (Phi) is 5.51. The molecule has 1 aromatic rings. The Hall–Kier alpha value is -0.980. The van der Waals surface area contributed by atoms with Gasteiger partial charge in [-0.15, -0.1) is 0 Å². The quantitative estimate of drug-likeness (QED) is 0.803. The van der Waals surface area contributed by atoms with Crippen molar-refractivity contribution < 1.29 is 8.42 Å². The fraction of sp³-hybridized carbons (Fsp3) is 0.643. The van der Waals surface area contributed by atoms with Crippen LogP contribution in [-0.2, 0) is 16.6 Å². The van der Waals surface area contributed by atoms with Crippen molar-refractivity contribution in [3.63, 3.8) is 0 Å². The molecule has 0 bridgehead atoms. The number of aromatic nitrogens is 1. The summed E-state index contributed by atoms with van der Waals surface area (Å²) in [5.74, 6) is 0.684. The summed E-state index contributed by atoms with van der Waals surface area (Å²) in [5, 5.41) is 3.10. The van der Waals surface area contributed by atoms with Gasteiger partial charge >= 0.3 is 0 Å². The first kappa shape index (κ1) is 15.4. The van der Waals surface area contributed by atoms with Crippen molar-refractivity contribution in [1.82, 2.24) is 15.0 Å². The standard InChI is InChI=1S/C14H23N3O2S/c1-15-10-13-6-7-14(16-11-13)20(18,19)17-9-8-12-4-2-3-5-12/h6-7,11-12,15,17H,2-5,8-10H2,1H3. The Bertz CT molecular complexity index is 508. The molecule has 0 amide bonds. The molecule has 1 fully saturated rings. The number of hydrogen-bond donors (Lipinski definition) is 2. The van der Waals surface area contributed by atoms with E-state index in [1.807, 2.05) is 7.05 Å². The van der Waals surface area contributed by atoms with Gasteiger partial charge in [0.25, 0.3) is 10.0 Å². The third-order valence-electron chi connectivity index (χ3n) is 3.77. The van der Waals surface area contributed by atoms with Crippen molar-refractivity contribution in [3.05, 3.63) is 23.9 Å². The minimum absolute atomic E-state index is 0.101. The molecule has 0 aromatic carbocycles. The lowest BCUT2D eigenvalue weighted by Crippen LogP contribution is -2.26. The van der Waals surface area contributed by atoms with Gasteiger partial charge in [-0.1, -0.05) is 31.7 Å². The molecular formula is C14H23N3O2S. The summed E-state index contributed by atoms with van der Waals surface area (Å²) in [6, 6.07) is 3.35. The number of pyridine rings is 1. The Balaban J connectivity index is 1.88. The fourth-order valence-corrected chi connectivity index (χ4v) is 3.62. The largest absolute Gasteiger partial charge is 0.316 e. The van der Waals surface area contributed by atoms with Crippen LogP contribution in [0, 0.1) is 5.92 Å². The smallest absolute Gasteiger partial charge is 0.258 e. The first-order chi connectivity index (χ1) is 9.62. The van der Waals surface area contributed by atoms with Crippen LogP contribution in [-0.4, -0.2) is 27.0 Å². The third-order valence-corrected chi connectivity index (χ3v) is 5.15. The van der Waals surface area contributed by atoms with E-state index in [2.05, 4.69) is 15.0 Å². The molecule has 1 aliphatic carbocycles. The maximum Gasteiger partial charge on any atom is 0.258 e. The van der Waals surface area contributed by atoms with Crippen LogP contribution < -0.4 is 10.0 Å². The van der Waals surface area contributed by atoms with E-state index in [9.17, 15) is 8.42 Å². The van der Waals surface area contributed by atoms with E-state index < -0.39 is 10.0 Å². The molecule has 2 N–H and O–H groups in total. The van der Waals surface area contributed by atoms with Crippen LogP contribution in [0.15, 0.2) is 23.4 Å². The molecule has 0 unspecified atom stereocenters. The average molecular weight is 297 g/mol. The molecule has 1 aliphatic rings. The van der Waals surface area contributed by atoms with E-state index in [1.54, 1.807) is 18.3 Å². The zero-order valence-electron chi connectivity index (χ0n) is 11.9. The van der Waals surface area contributed by atoms with Crippen molar-refractivity contribution in [2.75, 3.05) is 13.6 Å². The molecular weight excluding hydrogens is 274 g/mol. The molecule has 112 valence electrons. The minimum atomic E-state index is -3.47. The number of nitrogens with one attached hydrogen (secondary N) is 2. The van der Waals surface area contributed by atoms with Gasteiger partial charge in [-0.05, 0) is 31.0 Å². The molecule has 2 rings (SSSR count). The molecule has 1 saturated carbocycles. The summed E-state index contributed by atoms with van der Waals surface area (Å²) < 4.78 is 26.8. The highest BCUT2D eigenvalue weighted by molar-refractivity contribution is 7.89. The highest BCUT2D eigenvalue weighted by atomic mass is 32.2. The Morgan fingerprint density at radius 1 is 1.30 bits per heavy atom. The van der Waals surface area contributed by atoms with Crippen LogP contribution in [0.2, 0.25) is 0 Å². The van der Waals surface area contributed by atoms with Gasteiger partial charge in [-0.25, -0.2) is 18.1 Å². The normalized spacial score (nSPS) is 16.6. The Morgan fingerprint density at radius 2 is 2.05 bits per heavy atom. The molecule has 20 heavy (non-hydrogen) atoms. The predicted octanol–water partition coefficient (Wildman–Crippen LogP) is 1.66. The zero-order chi connectivity index (χ0) is 14.4. The van der Waals surface area contributed by atoms with Gasteiger partial charge in [0, 0.05) is 19.3 Å². The second-order valence-corrected chi connectivity index (χ2v) is 7.09. The van der Waals surface area contributed by atoms with Crippen molar-refractivity contribution in [3.8, 4) is 0 Å². The molecule has 0 spiro atoms. The van der Waals surface area contributed by atoms with Gasteiger partial charge in [-0.3, -0.25) is 0 Å². The lowest BCUT2D eigenvalue weighted by molar-refractivity contribution is 0.495. The van der Waals surface area contributed by atoms with Gasteiger partial charge in [0.1, 0.15) is 0 Å². The first-order valence-corrected chi connectivity index (χ1v) is 8.69. The zero-order valence-corrected chi connectivity index (χ0v) is 12.7. The van der Waals surface area contributed by atoms with Crippen molar-refractivity contribution in [2.45, 2.75) is 43.7 Å². The minimum Gasteiger partial charge on any atom is -0.316 e. The van der Waals surface area contributed by atoms with E-state index in [4.69, 9.17) is 0 Å². The average Bonchev–Trinajstić information content (AvgIpc) is 2.93. The van der Waals surface area contributed by atoms with Crippen LogP contribution in [0.3, 0.4) is 0 Å². The molecule has 5 nitrogen and oxygen atoms in total. The van der Waals surface area contributed by atoms with E-state index in [1.165, 1.54) is 25.7 Å². The van der Waals surface area contributed by atoms with Crippen LogP contribution in [0.1, 0.15) is 37.7 Å². The topological polar surface area (TPSA) is 71.1 Å². The van der Waals surface area contributed by atoms with Crippen molar-refractivity contribution in [1.29, 1.82) is 0 Å². The van der Waals surface area contributed by atoms with Gasteiger partial charge in [0.2, 0.25) is 0 Å². The third kappa shape index (κ3) is 4.26. The van der Waals surface area contributed by atoms with Crippen LogP contribution >= 0.6 is 0 Å². The summed E-state index contributed by atoms with van der Waals surface area (Å²) in [6.45, 7) is 1.19. The van der Waals surface area contributed by atoms with Crippen molar-refractivity contribution in [2.24, 2.45) is 5.92 Å². The van der Waals surface area contributed by atoms with Gasteiger partial charge < -0.3 is 5.32 Å². The van der Waals surface area contributed by atoms with E-state index in [-0.39, 0.29) is 5.03 Å².